The molecule has 0 aliphatic carbocycles. The lowest BCUT2D eigenvalue weighted by Gasteiger charge is -2.36. The van der Waals surface area contributed by atoms with Crippen molar-refractivity contribution in [1.82, 2.24) is 4.90 Å². The van der Waals surface area contributed by atoms with E-state index < -0.39 is 34.5 Å². The van der Waals surface area contributed by atoms with Gasteiger partial charge in [-0.15, -0.1) is 0 Å². The van der Waals surface area contributed by atoms with Crippen molar-refractivity contribution in [2.45, 2.75) is 25.4 Å². The monoisotopic (exact) mass is 273 g/mol. The van der Waals surface area contributed by atoms with Crippen LogP contribution in [0.25, 0.3) is 0 Å². The molecular formula is C13H14F3NO2. The van der Waals surface area contributed by atoms with Crippen LogP contribution in [0, 0.1) is 17.5 Å². The quantitative estimate of drug-likeness (QED) is 0.796. The summed E-state index contributed by atoms with van der Waals surface area (Å²) in [5.41, 5.74) is -1.56. The van der Waals surface area contributed by atoms with E-state index in [9.17, 15) is 23.1 Å². The van der Waals surface area contributed by atoms with Gasteiger partial charge in [-0.3, -0.25) is 4.79 Å². The van der Waals surface area contributed by atoms with Crippen LogP contribution in [0.1, 0.15) is 30.1 Å². The van der Waals surface area contributed by atoms with E-state index in [2.05, 4.69) is 0 Å². The van der Waals surface area contributed by atoms with Crippen molar-refractivity contribution in [3.05, 3.63) is 35.1 Å². The summed E-state index contributed by atoms with van der Waals surface area (Å²) in [6.07, 6.45) is 1.11. The van der Waals surface area contributed by atoms with Crippen molar-refractivity contribution in [1.29, 1.82) is 0 Å². The molecule has 2 rings (SSSR count). The van der Waals surface area contributed by atoms with E-state index in [0.717, 1.165) is 6.07 Å². The molecule has 0 bridgehead atoms. The molecule has 1 aliphatic rings. The minimum atomic E-state index is -1.66. The molecule has 19 heavy (non-hydrogen) atoms. The second-order valence-corrected chi connectivity index (χ2v) is 5.05. The van der Waals surface area contributed by atoms with Crippen LogP contribution in [-0.4, -0.2) is 34.6 Å². The van der Waals surface area contributed by atoms with Gasteiger partial charge >= 0.3 is 0 Å². The van der Waals surface area contributed by atoms with E-state index in [1.807, 2.05) is 0 Å². The van der Waals surface area contributed by atoms with Gasteiger partial charge in [0.25, 0.3) is 5.91 Å². The number of likely N-dealkylation sites (tertiary alicyclic amines) is 1. The number of benzene rings is 1. The highest BCUT2D eigenvalue weighted by Gasteiger charge is 2.32. The summed E-state index contributed by atoms with van der Waals surface area (Å²) >= 11 is 0. The van der Waals surface area contributed by atoms with E-state index in [1.54, 1.807) is 6.92 Å². The molecule has 0 saturated carbocycles. The average molecular weight is 273 g/mol. The van der Waals surface area contributed by atoms with Gasteiger partial charge in [0.05, 0.1) is 11.2 Å². The molecule has 0 spiro atoms. The number of rotatable bonds is 1. The number of piperidine rings is 1. The first-order valence-electron chi connectivity index (χ1n) is 5.97. The Labute approximate surface area is 108 Å². The van der Waals surface area contributed by atoms with E-state index in [1.165, 1.54) is 4.90 Å². The normalized spacial score (nSPS) is 23.5. The number of halogens is 3. The second kappa shape index (κ2) is 4.85. The molecule has 1 amide bonds. The Morgan fingerprint density at radius 1 is 1.32 bits per heavy atom. The Bertz CT molecular complexity index is 517. The summed E-state index contributed by atoms with van der Waals surface area (Å²) in [6.45, 7) is 1.98. The Balaban J connectivity index is 2.27. The maximum atomic E-state index is 13.5. The number of aliphatic hydroxyl groups is 1. The fraction of sp³-hybridized carbons (Fsp3) is 0.462. The average Bonchev–Trinajstić information content (AvgIpc) is 2.34. The third-order valence-corrected chi connectivity index (χ3v) is 3.23. The molecular weight excluding hydrogens is 259 g/mol. The van der Waals surface area contributed by atoms with Crippen LogP contribution >= 0.6 is 0 Å². The van der Waals surface area contributed by atoms with Crippen LogP contribution < -0.4 is 0 Å². The van der Waals surface area contributed by atoms with Gasteiger partial charge in [-0.05, 0) is 31.9 Å². The predicted molar refractivity (Wildman–Crippen MR) is 62.1 cm³/mol. The van der Waals surface area contributed by atoms with Gasteiger partial charge < -0.3 is 10.0 Å². The molecule has 0 radical (unpaired) electrons. The molecule has 1 aromatic carbocycles. The van der Waals surface area contributed by atoms with E-state index in [4.69, 9.17) is 0 Å². The molecule has 1 fully saturated rings. The lowest BCUT2D eigenvalue weighted by atomic mass is 9.94. The van der Waals surface area contributed by atoms with Crippen LogP contribution in [0.4, 0.5) is 13.2 Å². The van der Waals surface area contributed by atoms with Gasteiger partial charge in [0, 0.05) is 13.1 Å². The van der Waals surface area contributed by atoms with E-state index in [-0.39, 0.29) is 6.54 Å². The molecule has 1 aliphatic heterocycles. The second-order valence-electron chi connectivity index (χ2n) is 5.05. The number of carbonyl (C=O) groups excluding carboxylic acids is 1. The summed E-state index contributed by atoms with van der Waals surface area (Å²) in [5.74, 6) is -5.22. The fourth-order valence-electron chi connectivity index (χ4n) is 2.25. The summed E-state index contributed by atoms with van der Waals surface area (Å²) < 4.78 is 39.4. The smallest absolute Gasteiger partial charge is 0.257 e. The molecule has 1 unspecified atom stereocenters. The molecule has 104 valence electrons. The van der Waals surface area contributed by atoms with Gasteiger partial charge in [0.1, 0.15) is 0 Å². The maximum absolute atomic E-state index is 13.5. The molecule has 1 saturated heterocycles. The first kappa shape index (κ1) is 13.9. The molecule has 6 heteroatoms. The van der Waals surface area contributed by atoms with E-state index in [0.29, 0.717) is 25.5 Å². The maximum Gasteiger partial charge on any atom is 0.257 e. The SMILES string of the molecule is CC1(O)CCCN(C(=O)c2ccc(F)c(F)c2F)C1. The summed E-state index contributed by atoms with van der Waals surface area (Å²) in [4.78, 5) is 13.3. The zero-order chi connectivity index (χ0) is 14.2. The first-order chi connectivity index (χ1) is 8.82. The Morgan fingerprint density at radius 2 is 2.00 bits per heavy atom. The third kappa shape index (κ3) is 2.73. The molecule has 1 aromatic rings. The Morgan fingerprint density at radius 3 is 2.63 bits per heavy atom. The van der Waals surface area contributed by atoms with Gasteiger partial charge in [0.2, 0.25) is 0 Å². The van der Waals surface area contributed by atoms with Crippen molar-refractivity contribution in [2.24, 2.45) is 0 Å². The van der Waals surface area contributed by atoms with Crippen molar-refractivity contribution >= 4 is 5.91 Å². The number of hydrogen-bond acceptors (Lipinski definition) is 2. The van der Waals surface area contributed by atoms with E-state index >= 15 is 0 Å². The predicted octanol–water partition coefficient (Wildman–Crippen LogP) is 2.09. The molecule has 1 atom stereocenters. The lowest BCUT2D eigenvalue weighted by Crippen LogP contribution is -2.48. The number of nitrogens with zero attached hydrogens (tertiary/aromatic N) is 1. The highest BCUT2D eigenvalue weighted by Crippen LogP contribution is 2.23. The number of amides is 1. The van der Waals surface area contributed by atoms with Crippen molar-refractivity contribution < 1.29 is 23.1 Å². The molecule has 1 heterocycles. The summed E-state index contributed by atoms with van der Waals surface area (Å²) in [5, 5.41) is 9.89. The number of carbonyl (C=O) groups is 1. The van der Waals surface area contributed by atoms with Gasteiger partial charge in [0.15, 0.2) is 17.5 Å². The first-order valence-corrected chi connectivity index (χ1v) is 5.97. The van der Waals surface area contributed by atoms with Gasteiger partial charge in [-0.25, -0.2) is 13.2 Å². The minimum Gasteiger partial charge on any atom is -0.388 e. The van der Waals surface area contributed by atoms with Gasteiger partial charge in [-0.2, -0.15) is 0 Å². The highest BCUT2D eigenvalue weighted by atomic mass is 19.2. The van der Waals surface area contributed by atoms with Crippen molar-refractivity contribution in [2.75, 3.05) is 13.1 Å². The standard InChI is InChI=1S/C13H14F3NO2/c1-13(19)5-2-6-17(7-13)12(18)8-3-4-9(14)11(16)10(8)15/h3-4,19H,2,5-7H2,1H3. The van der Waals surface area contributed by atoms with Crippen molar-refractivity contribution in [3.63, 3.8) is 0 Å². The highest BCUT2D eigenvalue weighted by molar-refractivity contribution is 5.94. The lowest BCUT2D eigenvalue weighted by molar-refractivity contribution is -0.0109. The molecule has 0 aromatic heterocycles. The van der Waals surface area contributed by atoms with Crippen LogP contribution in [0.2, 0.25) is 0 Å². The van der Waals surface area contributed by atoms with Crippen LogP contribution in [0.3, 0.4) is 0 Å². The third-order valence-electron chi connectivity index (χ3n) is 3.23. The van der Waals surface area contributed by atoms with Crippen molar-refractivity contribution in [3.8, 4) is 0 Å². The zero-order valence-corrected chi connectivity index (χ0v) is 10.4. The Kier molecular flexibility index (Phi) is 3.54. The fourth-order valence-corrected chi connectivity index (χ4v) is 2.25. The summed E-state index contributed by atoms with van der Waals surface area (Å²) in [6, 6.07) is 1.63. The largest absolute Gasteiger partial charge is 0.388 e. The minimum absolute atomic E-state index is 0.0459. The van der Waals surface area contributed by atoms with Crippen LogP contribution in [-0.2, 0) is 0 Å². The topological polar surface area (TPSA) is 40.5 Å². The van der Waals surface area contributed by atoms with Crippen LogP contribution in [0.15, 0.2) is 12.1 Å². The molecule has 3 nitrogen and oxygen atoms in total. The number of β-amino-alcohol motifs (C(OH)–C–C–N with tert-alkyl or cyclic N) is 1. The summed E-state index contributed by atoms with van der Waals surface area (Å²) in [7, 11) is 0. The zero-order valence-electron chi connectivity index (χ0n) is 10.4. The molecule has 1 N–H and O–H groups in total. The Hall–Kier alpha value is -1.56. The van der Waals surface area contributed by atoms with Crippen LogP contribution in [0.5, 0.6) is 0 Å². The number of hydrogen-bond donors (Lipinski definition) is 1. The van der Waals surface area contributed by atoms with Gasteiger partial charge in [-0.1, -0.05) is 0 Å².